The Labute approximate surface area is 136 Å². The maximum atomic E-state index is 11.6. The fourth-order valence-electron chi connectivity index (χ4n) is 3.42. The number of fused-ring (bicyclic) bond motifs is 1. The summed E-state index contributed by atoms with van der Waals surface area (Å²) in [5, 5.41) is 11.4. The third kappa shape index (κ3) is 3.49. The molecule has 2 atom stereocenters. The summed E-state index contributed by atoms with van der Waals surface area (Å²) in [6.07, 6.45) is 7.56. The number of rotatable bonds is 5. The molecule has 1 aromatic heterocycles. The van der Waals surface area contributed by atoms with Crippen LogP contribution in [-0.2, 0) is 11.2 Å². The highest BCUT2D eigenvalue weighted by Gasteiger charge is 2.25. The highest BCUT2D eigenvalue weighted by atomic mass is 16.5. The lowest BCUT2D eigenvalue weighted by Crippen LogP contribution is -2.41. The van der Waals surface area contributed by atoms with E-state index in [2.05, 4.69) is 22.4 Å². The fraction of sp³-hybridized carbons (Fsp3) is 0.556. The van der Waals surface area contributed by atoms with Gasteiger partial charge in [-0.2, -0.15) is 5.10 Å². The maximum absolute atomic E-state index is 11.6. The number of hydrogen-bond donors (Lipinski definition) is 2. The number of amides is 1. The van der Waals surface area contributed by atoms with E-state index in [0.717, 1.165) is 48.8 Å². The topological polar surface area (TPSA) is 67.0 Å². The highest BCUT2D eigenvalue weighted by Crippen LogP contribution is 2.31. The van der Waals surface area contributed by atoms with Crippen LogP contribution in [0.4, 0.5) is 0 Å². The van der Waals surface area contributed by atoms with Crippen LogP contribution in [0.25, 0.3) is 10.9 Å². The zero-order valence-corrected chi connectivity index (χ0v) is 13.9. The molecule has 3 rings (SSSR count). The van der Waals surface area contributed by atoms with E-state index < -0.39 is 0 Å². The molecule has 1 aliphatic carbocycles. The Morgan fingerprint density at radius 2 is 2.26 bits per heavy atom. The van der Waals surface area contributed by atoms with Gasteiger partial charge in [0.05, 0.1) is 11.7 Å². The quantitative estimate of drug-likeness (QED) is 0.889. The lowest BCUT2D eigenvalue weighted by molar-refractivity contribution is -0.121. The predicted molar refractivity (Wildman–Crippen MR) is 90.6 cm³/mol. The number of carbonyl (C=O) groups excluding carboxylic acids is 1. The van der Waals surface area contributed by atoms with Crippen molar-refractivity contribution in [3.63, 3.8) is 0 Å². The van der Waals surface area contributed by atoms with Crippen LogP contribution >= 0.6 is 0 Å². The first kappa shape index (κ1) is 15.8. The van der Waals surface area contributed by atoms with Gasteiger partial charge in [0.15, 0.2) is 0 Å². The largest absolute Gasteiger partial charge is 0.490 e. The third-order valence-electron chi connectivity index (χ3n) is 4.65. The summed E-state index contributed by atoms with van der Waals surface area (Å²) >= 11 is 0. The van der Waals surface area contributed by atoms with E-state index >= 15 is 0 Å². The van der Waals surface area contributed by atoms with E-state index in [1.54, 1.807) is 0 Å². The Morgan fingerprint density at radius 3 is 3.04 bits per heavy atom. The summed E-state index contributed by atoms with van der Waals surface area (Å²) in [6, 6.07) is 4.30. The van der Waals surface area contributed by atoms with Crippen molar-refractivity contribution < 1.29 is 9.53 Å². The fourth-order valence-corrected chi connectivity index (χ4v) is 3.42. The monoisotopic (exact) mass is 315 g/mol. The van der Waals surface area contributed by atoms with Gasteiger partial charge in [0.2, 0.25) is 5.91 Å². The summed E-state index contributed by atoms with van der Waals surface area (Å²) in [5.41, 5.74) is 2.25. The van der Waals surface area contributed by atoms with Crippen LogP contribution in [0.15, 0.2) is 18.3 Å². The third-order valence-corrected chi connectivity index (χ3v) is 4.65. The molecule has 1 aliphatic rings. The Balaban J connectivity index is 1.72. The molecule has 5 nitrogen and oxygen atoms in total. The second kappa shape index (κ2) is 7.02. The SMILES string of the molecule is CCC(=O)N[C@H]1CCC[C@@H](Oc2ccc3[nH]ncc3c2CC)C1. The molecular weight excluding hydrogens is 290 g/mol. The number of aromatic amines is 1. The van der Waals surface area contributed by atoms with Gasteiger partial charge in [-0.15, -0.1) is 0 Å². The van der Waals surface area contributed by atoms with Gasteiger partial charge < -0.3 is 10.1 Å². The number of carbonyl (C=O) groups is 1. The molecule has 1 saturated carbocycles. The van der Waals surface area contributed by atoms with E-state index in [1.807, 2.05) is 25.3 Å². The number of H-pyrrole nitrogens is 1. The van der Waals surface area contributed by atoms with Crippen LogP contribution in [-0.4, -0.2) is 28.3 Å². The minimum absolute atomic E-state index is 0.129. The predicted octanol–water partition coefficient (Wildman–Crippen LogP) is 3.34. The van der Waals surface area contributed by atoms with Crippen molar-refractivity contribution in [2.75, 3.05) is 0 Å². The number of aromatic nitrogens is 2. The van der Waals surface area contributed by atoms with Gasteiger partial charge in [-0.3, -0.25) is 9.89 Å². The minimum Gasteiger partial charge on any atom is -0.490 e. The standard InChI is InChI=1S/C18H25N3O2/c1-3-14-15-11-19-21-16(15)8-9-17(14)23-13-7-5-6-12(10-13)20-18(22)4-2/h8-9,11-13H,3-7,10H2,1-2H3,(H,19,21)(H,20,22)/t12-,13+/m0/s1. The van der Waals surface area contributed by atoms with Gasteiger partial charge in [-0.25, -0.2) is 0 Å². The van der Waals surface area contributed by atoms with Crippen LogP contribution in [0.1, 0.15) is 51.5 Å². The van der Waals surface area contributed by atoms with Crippen LogP contribution in [0.5, 0.6) is 5.75 Å². The Kier molecular flexibility index (Phi) is 4.84. The van der Waals surface area contributed by atoms with Crippen molar-refractivity contribution in [3.05, 3.63) is 23.9 Å². The maximum Gasteiger partial charge on any atom is 0.219 e. The van der Waals surface area contributed by atoms with Crippen molar-refractivity contribution >= 4 is 16.8 Å². The molecule has 124 valence electrons. The molecule has 0 saturated heterocycles. The molecule has 2 aromatic rings. The molecule has 1 heterocycles. The zero-order chi connectivity index (χ0) is 16.2. The molecule has 0 bridgehead atoms. The van der Waals surface area contributed by atoms with Crippen molar-refractivity contribution in [2.45, 2.75) is 64.5 Å². The first-order chi connectivity index (χ1) is 11.2. The number of nitrogens with one attached hydrogen (secondary N) is 2. The van der Waals surface area contributed by atoms with Gasteiger partial charge in [-0.1, -0.05) is 13.8 Å². The molecule has 23 heavy (non-hydrogen) atoms. The Hall–Kier alpha value is -2.04. The van der Waals surface area contributed by atoms with E-state index in [4.69, 9.17) is 4.74 Å². The number of aryl methyl sites for hydroxylation is 1. The Morgan fingerprint density at radius 1 is 1.39 bits per heavy atom. The first-order valence-corrected chi connectivity index (χ1v) is 8.62. The van der Waals surface area contributed by atoms with E-state index in [1.165, 1.54) is 5.56 Å². The lowest BCUT2D eigenvalue weighted by Gasteiger charge is -2.30. The average Bonchev–Trinajstić information content (AvgIpc) is 3.03. The van der Waals surface area contributed by atoms with Crippen LogP contribution in [0, 0.1) is 0 Å². The normalized spacial score (nSPS) is 21.3. The van der Waals surface area contributed by atoms with Gasteiger partial charge >= 0.3 is 0 Å². The molecule has 1 aromatic carbocycles. The second-order valence-electron chi connectivity index (χ2n) is 6.25. The van der Waals surface area contributed by atoms with Crippen molar-refractivity contribution in [2.24, 2.45) is 0 Å². The van der Waals surface area contributed by atoms with Gasteiger partial charge in [0.25, 0.3) is 0 Å². The second-order valence-corrected chi connectivity index (χ2v) is 6.25. The van der Waals surface area contributed by atoms with E-state index in [0.29, 0.717) is 6.42 Å². The molecule has 1 amide bonds. The average molecular weight is 315 g/mol. The highest BCUT2D eigenvalue weighted by molar-refractivity contribution is 5.84. The van der Waals surface area contributed by atoms with Gasteiger partial charge in [-0.05, 0) is 37.8 Å². The molecule has 0 spiro atoms. The van der Waals surface area contributed by atoms with Gasteiger partial charge in [0, 0.05) is 29.8 Å². The summed E-state index contributed by atoms with van der Waals surface area (Å²) in [5.74, 6) is 1.08. The summed E-state index contributed by atoms with van der Waals surface area (Å²) < 4.78 is 6.31. The molecule has 1 fully saturated rings. The van der Waals surface area contributed by atoms with E-state index in [9.17, 15) is 4.79 Å². The number of ether oxygens (including phenoxy) is 1. The Bertz CT molecular complexity index is 680. The molecular formula is C18H25N3O2. The molecule has 2 N–H and O–H groups in total. The summed E-state index contributed by atoms with van der Waals surface area (Å²) in [4.78, 5) is 11.6. The number of benzene rings is 1. The molecule has 0 radical (unpaired) electrons. The number of hydrogen-bond acceptors (Lipinski definition) is 3. The molecule has 0 unspecified atom stereocenters. The van der Waals surface area contributed by atoms with Gasteiger partial charge in [0.1, 0.15) is 11.9 Å². The van der Waals surface area contributed by atoms with Crippen LogP contribution in [0.2, 0.25) is 0 Å². The smallest absolute Gasteiger partial charge is 0.219 e. The van der Waals surface area contributed by atoms with Crippen molar-refractivity contribution in [1.29, 1.82) is 0 Å². The molecule has 0 aliphatic heterocycles. The number of nitrogens with zero attached hydrogens (tertiary/aromatic N) is 1. The van der Waals surface area contributed by atoms with Crippen LogP contribution < -0.4 is 10.1 Å². The first-order valence-electron chi connectivity index (χ1n) is 8.62. The zero-order valence-electron chi connectivity index (χ0n) is 13.9. The lowest BCUT2D eigenvalue weighted by atomic mass is 9.92. The summed E-state index contributed by atoms with van der Waals surface area (Å²) in [7, 11) is 0. The van der Waals surface area contributed by atoms with Crippen molar-refractivity contribution in [1.82, 2.24) is 15.5 Å². The molecule has 5 heteroatoms. The van der Waals surface area contributed by atoms with E-state index in [-0.39, 0.29) is 18.1 Å². The van der Waals surface area contributed by atoms with Crippen LogP contribution in [0.3, 0.4) is 0 Å². The van der Waals surface area contributed by atoms with Crippen molar-refractivity contribution in [3.8, 4) is 5.75 Å². The minimum atomic E-state index is 0.129. The summed E-state index contributed by atoms with van der Waals surface area (Å²) in [6.45, 7) is 4.03.